The molecule has 4 aromatic rings. The van der Waals surface area contributed by atoms with Crippen LogP contribution >= 0.6 is 11.8 Å². The molecule has 0 saturated heterocycles. The number of hydrogen-bond donors (Lipinski definition) is 1. The average molecular weight is 380 g/mol. The topological polar surface area (TPSA) is 94.1 Å². The number of hydrogen-bond acceptors (Lipinski definition) is 7. The van der Waals surface area contributed by atoms with E-state index >= 15 is 0 Å². The molecule has 1 atom stereocenters. The first-order valence-corrected chi connectivity index (χ1v) is 9.19. The van der Waals surface area contributed by atoms with Gasteiger partial charge in [-0.1, -0.05) is 35.1 Å². The number of carbonyl (C=O) groups excluding carboxylic acids is 1. The molecule has 1 N–H and O–H groups in total. The van der Waals surface area contributed by atoms with Crippen LogP contribution in [0, 0.1) is 6.92 Å². The summed E-state index contributed by atoms with van der Waals surface area (Å²) in [4.78, 5) is 21.7. The normalized spacial score (nSPS) is 12.2. The van der Waals surface area contributed by atoms with Crippen LogP contribution in [-0.2, 0) is 4.79 Å². The van der Waals surface area contributed by atoms with E-state index in [1.165, 1.54) is 11.8 Å². The average Bonchev–Trinajstić information content (AvgIpc) is 3.33. The molecule has 3 heterocycles. The number of aryl methyl sites for hydroxylation is 1. The van der Waals surface area contributed by atoms with Crippen molar-refractivity contribution in [1.29, 1.82) is 0 Å². The molecule has 7 nitrogen and oxygen atoms in total. The quantitative estimate of drug-likeness (QED) is 0.407. The first-order valence-electron chi connectivity index (χ1n) is 8.31. The molecular formula is C19H16N4O3S. The Morgan fingerprint density at radius 3 is 2.78 bits per heavy atom. The minimum atomic E-state index is -0.404. The van der Waals surface area contributed by atoms with E-state index in [0.717, 1.165) is 10.9 Å². The van der Waals surface area contributed by atoms with E-state index < -0.39 is 5.25 Å². The van der Waals surface area contributed by atoms with Gasteiger partial charge in [-0.3, -0.25) is 10.1 Å². The number of rotatable bonds is 5. The zero-order valence-electron chi connectivity index (χ0n) is 14.7. The van der Waals surface area contributed by atoms with E-state index in [-0.39, 0.29) is 5.91 Å². The van der Waals surface area contributed by atoms with Crippen LogP contribution in [0.5, 0.6) is 0 Å². The molecule has 0 saturated carbocycles. The molecule has 8 heteroatoms. The third-order valence-corrected chi connectivity index (χ3v) is 4.94. The van der Waals surface area contributed by atoms with Crippen molar-refractivity contribution in [3.63, 3.8) is 0 Å². The lowest BCUT2D eigenvalue weighted by Gasteiger charge is -2.12. The van der Waals surface area contributed by atoms with Crippen LogP contribution in [0.25, 0.3) is 22.5 Å². The van der Waals surface area contributed by atoms with E-state index in [2.05, 4.69) is 20.4 Å². The van der Waals surface area contributed by atoms with E-state index in [1.807, 2.05) is 31.2 Å². The summed E-state index contributed by atoms with van der Waals surface area (Å²) in [5.74, 6) is 1.20. The number of amides is 1. The summed E-state index contributed by atoms with van der Waals surface area (Å²) in [5.41, 5.74) is 1.50. The van der Waals surface area contributed by atoms with Crippen molar-refractivity contribution < 1.29 is 13.7 Å². The Labute approximate surface area is 159 Å². The maximum Gasteiger partial charge on any atom is 0.240 e. The number of anilines is 1. The molecule has 0 aliphatic rings. The van der Waals surface area contributed by atoms with Crippen molar-refractivity contribution >= 4 is 34.5 Å². The van der Waals surface area contributed by atoms with Crippen molar-refractivity contribution in [2.45, 2.75) is 24.1 Å². The molecule has 3 aromatic heterocycles. The summed E-state index contributed by atoms with van der Waals surface area (Å²) in [6.45, 7) is 3.60. The number of furan rings is 1. The summed E-state index contributed by atoms with van der Waals surface area (Å²) < 4.78 is 10.5. The van der Waals surface area contributed by atoms with E-state index in [0.29, 0.717) is 28.2 Å². The molecular weight excluding hydrogens is 364 g/mol. The number of aromatic nitrogens is 3. The fraction of sp³-hybridized carbons (Fsp3) is 0.158. The van der Waals surface area contributed by atoms with Gasteiger partial charge in [0.1, 0.15) is 5.03 Å². The number of benzene rings is 1. The van der Waals surface area contributed by atoms with Crippen LogP contribution in [-0.4, -0.2) is 26.3 Å². The van der Waals surface area contributed by atoms with Gasteiger partial charge < -0.3 is 8.94 Å². The van der Waals surface area contributed by atoms with Crippen molar-refractivity contribution in [3.05, 3.63) is 54.4 Å². The van der Waals surface area contributed by atoms with Crippen molar-refractivity contribution in [1.82, 2.24) is 15.1 Å². The van der Waals surface area contributed by atoms with Crippen molar-refractivity contribution in [2.24, 2.45) is 0 Å². The molecule has 4 rings (SSSR count). The van der Waals surface area contributed by atoms with Gasteiger partial charge in [-0.25, -0.2) is 9.97 Å². The van der Waals surface area contributed by atoms with E-state index in [1.54, 1.807) is 31.4 Å². The van der Waals surface area contributed by atoms with Gasteiger partial charge in [0, 0.05) is 11.5 Å². The number of thioether (sulfide) groups is 1. The summed E-state index contributed by atoms with van der Waals surface area (Å²) in [5, 5.41) is 7.68. The second-order valence-corrected chi connectivity index (χ2v) is 7.26. The highest BCUT2D eigenvalue weighted by molar-refractivity contribution is 8.00. The largest absolute Gasteiger partial charge is 0.461 e. The van der Waals surface area contributed by atoms with Gasteiger partial charge in [-0.05, 0) is 32.0 Å². The molecule has 0 aliphatic heterocycles. The van der Waals surface area contributed by atoms with Crippen LogP contribution in [0.3, 0.4) is 0 Å². The van der Waals surface area contributed by atoms with Gasteiger partial charge >= 0.3 is 0 Å². The predicted molar refractivity (Wildman–Crippen MR) is 102 cm³/mol. The van der Waals surface area contributed by atoms with E-state index in [9.17, 15) is 4.79 Å². The Kier molecular flexibility index (Phi) is 4.64. The molecule has 0 bridgehead atoms. The van der Waals surface area contributed by atoms with Crippen LogP contribution < -0.4 is 5.32 Å². The first-order chi connectivity index (χ1) is 13.1. The highest BCUT2D eigenvalue weighted by atomic mass is 32.2. The lowest BCUT2D eigenvalue weighted by atomic mass is 10.2. The van der Waals surface area contributed by atoms with Crippen LogP contribution in [0.4, 0.5) is 5.88 Å². The highest BCUT2D eigenvalue weighted by Crippen LogP contribution is 2.31. The lowest BCUT2D eigenvalue weighted by Crippen LogP contribution is -2.22. The van der Waals surface area contributed by atoms with Gasteiger partial charge in [0.2, 0.25) is 11.8 Å². The number of nitrogens with one attached hydrogen (secondary N) is 1. The van der Waals surface area contributed by atoms with Crippen LogP contribution in [0.15, 0.2) is 62.7 Å². The van der Waals surface area contributed by atoms with Gasteiger partial charge in [-0.15, -0.1) is 0 Å². The number of fused-ring (bicyclic) bond motifs is 1. The van der Waals surface area contributed by atoms with Gasteiger partial charge in [0.05, 0.1) is 22.7 Å². The van der Waals surface area contributed by atoms with Gasteiger partial charge in [0.25, 0.3) is 0 Å². The van der Waals surface area contributed by atoms with E-state index in [4.69, 9.17) is 8.94 Å². The Morgan fingerprint density at radius 2 is 2.04 bits per heavy atom. The Balaban J connectivity index is 1.63. The maximum atomic E-state index is 12.5. The Bertz CT molecular complexity index is 1090. The third-order valence-electron chi connectivity index (χ3n) is 3.84. The summed E-state index contributed by atoms with van der Waals surface area (Å²) in [6.07, 6.45) is 1.58. The lowest BCUT2D eigenvalue weighted by molar-refractivity contribution is -0.115. The smallest absolute Gasteiger partial charge is 0.240 e. The highest BCUT2D eigenvalue weighted by Gasteiger charge is 2.20. The maximum absolute atomic E-state index is 12.5. The van der Waals surface area contributed by atoms with Gasteiger partial charge in [-0.2, -0.15) is 0 Å². The molecule has 0 fully saturated rings. The van der Waals surface area contributed by atoms with Crippen molar-refractivity contribution in [3.8, 4) is 11.6 Å². The van der Waals surface area contributed by atoms with Crippen molar-refractivity contribution in [2.75, 3.05) is 5.32 Å². The molecule has 0 radical (unpaired) electrons. The molecule has 1 amide bonds. The summed E-state index contributed by atoms with van der Waals surface area (Å²) >= 11 is 1.35. The molecule has 0 spiro atoms. The summed E-state index contributed by atoms with van der Waals surface area (Å²) in [6, 6.07) is 13.0. The standard InChI is InChI=1S/C19H16N4O3S/c1-11-10-16(26-23-11)21-18(24)12(2)27-19-13-6-3-4-7-14(13)20-17(22-19)15-8-5-9-25-15/h3-10,12H,1-2H3,(H,21,24). The number of nitrogens with zero attached hydrogens (tertiary/aromatic N) is 3. The zero-order valence-corrected chi connectivity index (χ0v) is 15.5. The second kappa shape index (κ2) is 7.24. The molecule has 0 aliphatic carbocycles. The first kappa shape index (κ1) is 17.3. The molecule has 1 unspecified atom stereocenters. The zero-order chi connectivity index (χ0) is 18.8. The molecule has 136 valence electrons. The SMILES string of the molecule is Cc1cc(NC(=O)C(C)Sc2nc(-c3ccco3)nc3ccccc23)on1. The van der Waals surface area contributed by atoms with Crippen LogP contribution in [0.2, 0.25) is 0 Å². The Morgan fingerprint density at radius 1 is 1.19 bits per heavy atom. The third kappa shape index (κ3) is 3.70. The number of carbonyl (C=O) groups is 1. The fourth-order valence-electron chi connectivity index (χ4n) is 2.52. The Hall–Kier alpha value is -3.13. The number of para-hydroxylation sites is 1. The minimum absolute atomic E-state index is 0.196. The summed E-state index contributed by atoms with van der Waals surface area (Å²) in [7, 11) is 0. The monoisotopic (exact) mass is 380 g/mol. The van der Waals surface area contributed by atoms with Gasteiger partial charge in [0.15, 0.2) is 11.6 Å². The predicted octanol–water partition coefficient (Wildman–Crippen LogP) is 4.31. The fourth-order valence-corrected chi connectivity index (χ4v) is 3.46. The second-order valence-electron chi connectivity index (χ2n) is 5.93. The minimum Gasteiger partial charge on any atom is -0.461 e. The van der Waals surface area contributed by atoms with Crippen LogP contribution in [0.1, 0.15) is 12.6 Å². The molecule has 27 heavy (non-hydrogen) atoms. The molecule has 1 aromatic carbocycles.